The average molecular weight is 331 g/mol. The van der Waals surface area contributed by atoms with Gasteiger partial charge in [-0.15, -0.1) is 0 Å². The van der Waals surface area contributed by atoms with Gasteiger partial charge < -0.3 is 24.5 Å². The Balaban J connectivity index is 1.75. The zero-order valence-corrected chi connectivity index (χ0v) is 12.8. The van der Waals surface area contributed by atoms with E-state index in [0.29, 0.717) is 30.6 Å². The smallest absolute Gasteiger partial charge is 0.405 e. The van der Waals surface area contributed by atoms with E-state index in [-0.39, 0.29) is 18.2 Å². The fourth-order valence-electron chi connectivity index (χ4n) is 3.44. The van der Waals surface area contributed by atoms with E-state index in [1.165, 1.54) is 4.57 Å². The summed E-state index contributed by atoms with van der Waals surface area (Å²) in [7, 11) is 0. The fraction of sp³-hybridized carbons (Fsp3) is 0.438. The molecule has 2 atom stereocenters. The van der Waals surface area contributed by atoms with Gasteiger partial charge in [-0.2, -0.15) is 0 Å². The summed E-state index contributed by atoms with van der Waals surface area (Å²) in [6, 6.07) is 4.84. The third-order valence-electron chi connectivity index (χ3n) is 4.73. The van der Waals surface area contributed by atoms with E-state index in [1.54, 1.807) is 6.07 Å². The van der Waals surface area contributed by atoms with E-state index in [0.717, 1.165) is 12.0 Å². The van der Waals surface area contributed by atoms with Gasteiger partial charge in [-0.1, -0.05) is 6.07 Å². The molecular weight excluding hydrogens is 314 g/mol. The molecule has 2 aromatic rings. The largest absolute Gasteiger partial charge is 0.420 e. The number of amides is 1. The second-order valence-electron chi connectivity index (χ2n) is 6.28. The van der Waals surface area contributed by atoms with Crippen molar-refractivity contribution in [1.82, 2.24) is 9.88 Å². The average Bonchev–Trinajstić information content (AvgIpc) is 2.83. The summed E-state index contributed by atoms with van der Waals surface area (Å²) in [6.07, 6.45) is 0.409. The van der Waals surface area contributed by atoms with Crippen molar-refractivity contribution in [1.29, 1.82) is 0 Å². The molecule has 24 heavy (non-hydrogen) atoms. The maximum absolute atomic E-state index is 12.4. The van der Waals surface area contributed by atoms with E-state index in [9.17, 15) is 19.5 Å². The van der Waals surface area contributed by atoms with Gasteiger partial charge in [0, 0.05) is 25.4 Å². The molecule has 0 bridgehead atoms. The van der Waals surface area contributed by atoms with Gasteiger partial charge in [0.25, 0.3) is 0 Å². The van der Waals surface area contributed by atoms with Gasteiger partial charge in [0.1, 0.15) is 12.5 Å². The number of nitrogens with zero attached hydrogens (tertiary/aromatic N) is 2. The molecular formula is C16H17N3O5. The van der Waals surface area contributed by atoms with Gasteiger partial charge in [-0.3, -0.25) is 9.36 Å². The molecule has 0 radical (unpaired) electrons. The third-order valence-corrected chi connectivity index (χ3v) is 4.73. The van der Waals surface area contributed by atoms with Crippen LogP contribution in [0, 0.1) is 5.92 Å². The Hall–Kier alpha value is -2.61. The van der Waals surface area contributed by atoms with Crippen LogP contribution in [0.3, 0.4) is 0 Å². The summed E-state index contributed by atoms with van der Waals surface area (Å²) in [6.45, 7) is 1.19. The molecule has 4 rings (SSSR count). The number of aldehydes is 1. The zero-order chi connectivity index (χ0) is 16.8. The number of fused-ring (bicyclic) bond motifs is 1. The number of hydrogen-bond acceptors (Lipinski definition) is 6. The Bertz CT molecular complexity index is 864. The Morgan fingerprint density at radius 3 is 2.79 bits per heavy atom. The van der Waals surface area contributed by atoms with Crippen molar-refractivity contribution in [2.75, 3.05) is 18.0 Å². The first-order chi connectivity index (χ1) is 11.6. The number of aliphatic hydroxyl groups excluding tert-OH is 1. The molecule has 2 aliphatic rings. The van der Waals surface area contributed by atoms with Crippen LogP contribution in [0.25, 0.3) is 11.1 Å². The van der Waals surface area contributed by atoms with Crippen LogP contribution in [-0.4, -0.2) is 41.2 Å². The number of aromatic nitrogens is 1. The highest BCUT2D eigenvalue weighted by Crippen LogP contribution is 2.33. The van der Waals surface area contributed by atoms with Gasteiger partial charge >= 0.3 is 5.76 Å². The van der Waals surface area contributed by atoms with Crippen LogP contribution in [0.2, 0.25) is 0 Å². The molecule has 8 heteroatoms. The Kier molecular flexibility index (Phi) is 3.42. The molecule has 1 aromatic heterocycles. The maximum atomic E-state index is 12.4. The van der Waals surface area contributed by atoms with Crippen LogP contribution in [0.15, 0.2) is 27.4 Å². The second-order valence-corrected chi connectivity index (χ2v) is 6.28. The van der Waals surface area contributed by atoms with E-state index in [4.69, 9.17) is 4.42 Å². The molecule has 1 aromatic carbocycles. The predicted octanol–water partition coefficient (Wildman–Crippen LogP) is -0.000900. The molecule has 2 unspecified atom stereocenters. The van der Waals surface area contributed by atoms with Crippen molar-refractivity contribution in [2.45, 2.75) is 25.1 Å². The van der Waals surface area contributed by atoms with Crippen LogP contribution in [0.5, 0.6) is 0 Å². The van der Waals surface area contributed by atoms with Gasteiger partial charge in [0.15, 0.2) is 5.58 Å². The Labute approximate surface area is 136 Å². The molecule has 3 heterocycles. The minimum Gasteiger partial charge on any atom is -0.405 e. The molecule has 1 amide bonds. The van der Waals surface area contributed by atoms with Crippen molar-refractivity contribution in [3.05, 3.63) is 28.7 Å². The highest BCUT2D eigenvalue weighted by molar-refractivity contribution is 5.88. The molecule has 126 valence electrons. The van der Waals surface area contributed by atoms with Crippen molar-refractivity contribution < 1.29 is 19.1 Å². The van der Waals surface area contributed by atoms with E-state index >= 15 is 0 Å². The first kappa shape index (κ1) is 14.9. The molecule has 0 saturated carbocycles. The number of rotatable bonds is 3. The highest BCUT2D eigenvalue weighted by atomic mass is 16.4. The predicted molar refractivity (Wildman–Crippen MR) is 84.7 cm³/mol. The fourth-order valence-corrected chi connectivity index (χ4v) is 3.44. The van der Waals surface area contributed by atoms with Crippen molar-refractivity contribution in [2.24, 2.45) is 5.92 Å². The second kappa shape index (κ2) is 5.48. The first-order valence-electron chi connectivity index (χ1n) is 7.90. The highest BCUT2D eigenvalue weighted by Gasteiger charge is 2.33. The maximum Gasteiger partial charge on any atom is 0.420 e. The molecule has 8 nitrogen and oxygen atoms in total. The number of hydrogen-bond donors (Lipinski definition) is 2. The van der Waals surface area contributed by atoms with Gasteiger partial charge in [0.05, 0.1) is 17.2 Å². The molecule has 2 N–H and O–H groups in total. The minimum absolute atomic E-state index is 0.00411. The number of anilines is 1. The summed E-state index contributed by atoms with van der Waals surface area (Å²) in [5.41, 5.74) is 1.78. The molecule has 2 fully saturated rings. The lowest BCUT2D eigenvalue weighted by Gasteiger charge is -2.37. The molecule has 2 aliphatic heterocycles. The topological polar surface area (TPSA) is 105 Å². The number of carbonyl (C=O) groups excluding carboxylic acids is 2. The lowest BCUT2D eigenvalue weighted by Crippen LogP contribution is -2.47. The van der Waals surface area contributed by atoms with Gasteiger partial charge in [0.2, 0.25) is 5.91 Å². The van der Waals surface area contributed by atoms with Crippen LogP contribution >= 0.6 is 0 Å². The van der Waals surface area contributed by atoms with E-state index in [1.807, 2.05) is 17.0 Å². The normalized spacial score (nSPS) is 24.7. The van der Waals surface area contributed by atoms with Crippen molar-refractivity contribution in [3.8, 4) is 0 Å². The van der Waals surface area contributed by atoms with Crippen molar-refractivity contribution in [3.63, 3.8) is 0 Å². The first-order valence-corrected chi connectivity index (χ1v) is 7.90. The minimum atomic E-state index is -1.13. The van der Waals surface area contributed by atoms with E-state index in [2.05, 4.69) is 5.32 Å². The lowest BCUT2D eigenvalue weighted by atomic mass is 10.0. The monoisotopic (exact) mass is 331 g/mol. The number of aliphatic hydroxyl groups is 1. The number of nitrogens with one attached hydrogen (secondary N) is 1. The summed E-state index contributed by atoms with van der Waals surface area (Å²) in [5.74, 6) is -0.796. The van der Waals surface area contributed by atoms with Gasteiger partial charge in [-0.05, 0) is 18.6 Å². The SMILES string of the molecule is O=CC1CN(c2cccc3c2oc(=O)n3C2CCC(=O)NC2O)C1. The number of benzene rings is 1. The standard InChI is InChI=1S/C16H17N3O5/c20-8-9-6-18(7-9)10-2-1-3-11-14(10)24-16(23)19(11)12-4-5-13(21)17-15(12)22/h1-3,8-9,12,15,22H,4-7H2,(H,17,21). The molecule has 0 spiro atoms. The molecule has 2 saturated heterocycles. The van der Waals surface area contributed by atoms with E-state index < -0.39 is 18.0 Å². The quantitative estimate of drug-likeness (QED) is 0.767. The third kappa shape index (κ3) is 2.22. The van der Waals surface area contributed by atoms with Crippen LogP contribution in [0.1, 0.15) is 18.9 Å². The summed E-state index contributed by atoms with van der Waals surface area (Å²) in [5, 5.41) is 12.6. The summed E-state index contributed by atoms with van der Waals surface area (Å²) in [4.78, 5) is 36.5. The van der Waals surface area contributed by atoms with Crippen LogP contribution < -0.4 is 16.0 Å². The number of oxazole rings is 1. The Morgan fingerprint density at radius 2 is 2.08 bits per heavy atom. The van der Waals surface area contributed by atoms with Crippen LogP contribution in [-0.2, 0) is 9.59 Å². The summed E-state index contributed by atoms with van der Waals surface area (Å²) < 4.78 is 6.84. The van der Waals surface area contributed by atoms with Gasteiger partial charge in [-0.25, -0.2) is 4.79 Å². The summed E-state index contributed by atoms with van der Waals surface area (Å²) >= 11 is 0. The number of carbonyl (C=O) groups is 2. The number of para-hydroxylation sites is 1. The zero-order valence-electron chi connectivity index (χ0n) is 12.8. The van der Waals surface area contributed by atoms with Crippen LogP contribution in [0.4, 0.5) is 5.69 Å². The number of piperidine rings is 1. The van der Waals surface area contributed by atoms with Crippen molar-refractivity contribution >= 4 is 29.0 Å². The Morgan fingerprint density at radius 1 is 1.29 bits per heavy atom. The molecule has 0 aliphatic carbocycles. The lowest BCUT2D eigenvalue weighted by molar-refractivity contribution is -0.128.